The van der Waals surface area contributed by atoms with Crippen LogP contribution >= 0.6 is 0 Å². The van der Waals surface area contributed by atoms with Crippen LogP contribution in [0.25, 0.3) is 0 Å². The van der Waals surface area contributed by atoms with Gasteiger partial charge >= 0.3 is 0 Å². The van der Waals surface area contributed by atoms with Gasteiger partial charge in [0.05, 0.1) is 12.2 Å². The third kappa shape index (κ3) is 8.03. The number of hydrogen-bond acceptors (Lipinski definition) is 3. The summed E-state index contributed by atoms with van der Waals surface area (Å²) in [5.41, 5.74) is 0. The average Bonchev–Trinajstić information content (AvgIpc) is 2.67. The standard InChI is InChI=1S/C24H48N2O/c1-6-10-22(5)27-24-14-12-23(13-15-24)11-8-9-16-25-17-18-26(19-21(25)4)20(3)7-2/h20-24H,6-19H2,1-5H3/t20?,21-,22?,23?,24?/m1/s1. The molecule has 1 aliphatic heterocycles. The third-order valence-electron chi connectivity index (χ3n) is 7.23. The molecule has 3 heteroatoms. The lowest BCUT2D eigenvalue weighted by molar-refractivity contribution is -0.0321. The van der Waals surface area contributed by atoms with Crippen LogP contribution in [0.15, 0.2) is 0 Å². The minimum absolute atomic E-state index is 0.458. The van der Waals surface area contributed by atoms with E-state index in [1.165, 1.54) is 90.4 Å². The van der Waals surface area contributed by atoms with Gasteiger partial charge in [0.25, 0.3) is 0 Å². The summed E-state index contributed by atoms with van der Waals surface area (Å²) in [6.45, 7) is 16.7. The summed E-state index contributed by atoms with van der Waals surface area (Å²) in [4.78, 5) is 5.42. The Morgan fingerprint density at radius 2 is 1.74 bits per heavy atom. The second-order valence-corrected chi connectivity index (χ2v) is 9.51. The summed E-state index contributed by atoms with van der Waals surface area (Å²) < 4.78 is 6.22. The lowest BCUT2D eigenvalue weighted by Crippen LogP contribution is -2.54. The fourth-order valence-corrected chi connectivity index (χ4v) is 5.12. The Morgan fingerprint density at radius 3 is 2.37 bits per heavy atom. The van der Waals surface area contributed by atoms with Crippen molar-refractivity contribution in [1.82, 2.24) is 9.80 Å². The molecular formula is C24H48N2O. The number of rotatable bonds is 11. The van der Waals surface area contributed by atoms with Crippen molar-refractivity contribution in [2.75, 3.05) is 26.2 Å². The minimum atomic E-state index is 0.458. The van der Waals surface area contributed by atoms with Crippen molar-refractivity contribution in [3.8, 4) is 0 Å². The fourth-order valence-electron chi connectivity index (χ4n) is 5.12. The molecule has 1 heterocycles. The molecule has 2 fully saturated rings. The molecular weight excluding hydrogens is 332 g/mol. The fraction of sp³-hybridized carbons (Fsp3) is 1.00. The second-order valence-electron chi connectivity index (χ2n) is 9.51. The number of unbranched alkanes of at least 4 members (excludes halogenated alkanes) is 1. The van der Waals surface area contributed by atoms with Crippen molar-refractivity contribution in [3.63, 3.8) is 0 Å². The summed E-state index contributed by atoms with van der Waals surface area (Å²) in [5, 5.41) is 0. The van der Waals surface area contributed by atoms with Gasteiger partial charge in [0.2, 0.25) is 0 Å². The molecule has 0 aromatic heterocycles. The van der Waals surface area contributed by atoms with E-state index in [0.717, 1.165) is 18.0 Å². The maximum atomic E-state index is 6.22. The molecule has 2 aliphatic rings. The second kappa shape index (κ2) is 12.4. The van der Waals surface area contributed by atoms with Gasteiger partial charge in [-0.25, -0.2) is 0 Å². The Bertz CT molecular complexity index is 381. The van der Waals surface area contributed by atoms with Crippen LogP contribution in [0.5, 0.6) is 0 Å². The molecule has 160 valence electrons. The molecule has 0 aromatic carbocycles. The van der Waals surface area contributed by atoms with E-state index in [9.17, 15) is 0 Å². The molecule has 3 nitrogen and oxygen atoms in total. The van der Waals surface area contributed by atoms with E-state index in [4.69, 9.17) is 4.74 Å². The number of piperazine rings is 1. The highest BCUT2D eigenvalue weighted by Gasteiger charge is 2.26. The maximum absolute atomic E-state index is 6.22. The topological polar surface area (TPSA) is 15.7 Å². The highest BCUT2D eigenvalue weighted by molar-refractivity contribution is 4.82. The first kappa shape index (κ1) is 23.2. The van der Waals surface area contributed by atoms with E-state index in [0.29, 0.717) is 12.2 Å². The summed E-state index contributed by atoms with van der Waals surface area (Å²) in [6.07, 6.45) is 14.4. The summed E-state index contributed by atoms with van der Waals surface area (Å²) >= 11 is 0. The third-order valence-corrected chi connectivity index (χ3v) is 7.23. The van der Waals surface area contributed by atoms with E-state index in [1.54, 1.807) is 0 Å². The Morgan fingerprint density at radius 1 is 1.00 bits per heavy atom. The molecule has 0 spiro atoms. The van der Waals surface area contributed by atoms with Crippen LogP contribution in [0.4, 0.5) is 0 Å². The van der Waals surface area contributed by atoms with Gasteiger partial charge in [-0.1, -0.05) is 33.1 Å². The molecule has 2 rings (SSSR count). The highest BCUT2D eigenvalue weighted by Crippen LogP contribution is 2.30. The Kier molecular flexibility index (Phi) is 10.7. The quantitative estimate of drug-likeness (QED) is 0.426. The van der Waals surface area contributed by atoms with Gasteiger partial charge < -0.3 is 4.74 Å². The Balaban J connectivity index is 1.54. The van der Waals surface area contributed by atoms with Gasteiger partial charge in [0, 0.05) is 31.7 Å². The van der Waals surface area contributed by atoms with Crippen LogP contribution in [-0.4, -0.2) is 60.3 Å². The summed E-state index contributed by atoms with van der Waals surface area (Å²) in [7, 11) is 0. The lowest BCUT2D eigenvalue weighted by atomic mass is 9.84. The molecule has 2 unspecified atom stereocenters. The monoisotopic (exact) mass is 380 g/mol. The van der Waals surface area contributed by atoms with Crippen LogP contribution < -0.4 is 0 Å². The zero-order valence-corrected chi connectivity index (χ0v) is 19.1. The van der Waals surface area contributed by atoms with E-state index >= 15 is 0 Å². The van der Waals surface area contributed by atoms with E-state index in [-0.39, 0.29) is 0 Å². The van der Waals surface area contributed by atoms with Gasteiger partial charge in [0.15, 0.2) is 0 Å². The molecule has 3 atom stereocenters. The normalized spacial score (nSPS) is 30.3. The molecule has 1 saturated heterocycles. The van der Waals surface area contributed by atoms with Gasteiger partial charge in [0.1, 0.15) is 0 Å². The number of hydrogen-bond donors (Lipinski definition) is 0. The predicted molar refractivity (Wildman–Crippen MR) is 117 cm³/mol. The molecule has 27 heavy (non-hydrogen) atoms. The summed E-state index contributed by atoms with van der Waals surface area (Å²) in [5.74, 6) is 0.964. The minimum Gasteiger partial charge on any atom is -0.375 e. The van der Waals surface area contributed by atoms with Gasteiger partial charge in [-0.15, -0.1) is 0 Å². The average molecular weight is 381 g/mol. The Labute approximate surface area is 170 Å². The van der Waals surface area contributed by atoms with E-state index in [2.05, 4.69) is 44.4 Å². The molecule has 0 bridgehead atoms. The zero-order chi connectivity index (χ0) is 19.6. The van der Waals surface area contributed by atoms with Gasteiger partial charge in [-0.2, -0.15) is 0 Å². The van der Waals surface area contributed by atoms with Crippen molar-refractivity contribution < 1.29 is 4.74 Å². The van der Waals surface area contributed by atoms with Crippen LogP contribution in [0.3, 0.4) is 0 Å². The highest BCUT2D eigenvalue weighted by atomic mass is 16.5. The molecule has 0 aromatic rings. The summed E-state index contributed by atoms with van der Waals surface area (Å²) in [6, 6.07) is 1.48. The SMILES string of the molecule is CCCC(C)OC1CCC(CCCCN2CCN(C(C)CC)C[C@H]2C)CC1. The van der Waals surface area contributed by atoms with Crippen molar-refractivity contribution in [2.45, 2.75) is 123 Å². The van der Waals surface area contributed by atoms with Gasteiger partial charge in [-0.05, 0) is 78.2 Å². The van der Waals surface area contributed by atoms with Crippen molar-refractivity contribution in [2.24, 2.45) is 5.92 Å². The van der Waals surface area contributed by atoms with Crippen LogP contribution in [0.1, 0.15) is 98.8 Å². The largest absolute Gasteiger partial charge is 0.375 e. The predicted octanol–water partition coefficient (Wildman–Crippen LogP) is 5.73. The van der Waals surface area contributed by atoms with Gasteiger partial charge in [-0.3, -0.25) is 9.80 Å². The molecule has 1 saturated carbocycles. The first-order valence-electron chi connectivity index (χ1n) is 12.2. The Hall–Kier alpha value is -0.120. The molecule has 1 aliphatic carbocycles. The number of ether oxygens (including phenoxy) is 1. The van der Waals surface area contributed by atoms with Crippen LogP contribution in [0, 0.1) is 5.92 Å². The van der Waals surface area contributed by atoms with Crippen LogP contribution in [-0.2, 0) is 4.74 Å². The maximum Gasteiger partial charge on any atom is 0.0579 e. The first-order chi connectivity index (χ1) is 13.0. The lowest BCUT2D eigenvalue weighted by Gasteiger charge is -2.42. The first-order valence-corrected chi connectivity index (χ1v) is 12.2. The van der Waals surface area contributed by atoms with Crippen molar-refractivity contribution in [1.29, 1.82) is 0 Å². The smallest absolute Gasteiger partial charge is 0.0579 e. The van der Waals surface area contributed by atoms with Crippen molar-refractivity contribution >= 4 is 0 Å². The van der Waals surface area contributed by atoms with E-state index < -0.39 is 0 Å². The van der Waals surface area contributed by atoms with E-state index in [1.807, 2.05) is 0 Å². The molecule has 0 N–H and O–H groups in total. The van der Waals surface area contributed by atoms with Crippen molar-refractivity contribution in [3.05, 3.63) is 0 Å². The molecule has 0 amide bonds. The zero-order valence-electron chi connectivity index (χ0n) is 19.1. The van der Waals surface area contributed by atoms with Crippen LogP contribution in [0.2, 0.25) is 0 Å². The number of nitrogens with zero attached hydrogens (tertiary/aromatic N) is 2. The molecule has 0 radical (unpaired) electrons.